The molecule has 1 aromatic carbocycles. The molecule has 5 aliphatic rings. The van der Waals surface area contributed by atoms with E-state index in [0.29, 0.717) is 50.7 Å². The second kappa shape index (κ2) is 13.4. The number of amides is 2. The molecule has 0 unspecified atom stereocenters. The van der Waals surface area contributed by atoms with Crippen LogP contribution >= 0.6 is 0 Å². The summed E-state index contributed by atoms with van der Waals surface area (Å²) in [5, 5.41) is 24.7. The summed E-state index contributed by atoms with van der Waals surface area (Å²) in [6, 6.07) is 3.18. The molecule has 2 amide bonds. The number of morpholine rings is 1. The Balaban J connectivity index is 1.24. The molecule has 1 aliphatic carbocycles. The third-order valence-corrected chi connectivity index (χ3v) is 9.86. The van der Waals surface area contributed by atoms with E-state index in [1.807, 2.05) is 9.80 Å². The second-order valence-corrected chi connectivity index (χ2v) is 13.1. The quantitative estimate of drug-likeness (QED) is 0.466. The van der Waals surface area contributed by atoms with Gasteiger partial charge in [-0.2, -0.15) is 0 Å². The molecule has 43 heavy (non-hydrogen) atoms. The van der Waals surface area contributed by atoms with Gasteiger partial charge in [-0.25, -0.2) is 8.78 Å². The van der Waals surface area contributed by atoms with E-state index in [4.69, 9.17) is 9.47 Å². The molecule has 3 N–H and O–H groups in total. The minimum absolute atomic E-state index is 0.0503. The van der Waals surface area contributed by atoms with Gasteiger partial charge in [0.1, 0.15) is 12.2 Å². The topological polar surface area (TPSA) is 115 Å². The Bertz CT molecular complexity index is 1160. The molecule has 0 spiro atoms. The fourth-order valence-electron chi connectivity index (χ4n) is 7.67. The van der Waals surface area contributed by atoms with Gasteiger partial charge in [0.05, 0.1) is 37.4 Å². The number of rotatable bonds is 4. The van der Waals surface area contributed by atoms with Crippen LogP contribution in [0.4, 0.5) is 8.78 Å². The molecule has 1 saturated carbocycles. The maximum absolute atomic E-state index is 14.0. The number of halogens is 2. The summed E-state index contributed by atoms with van der Waals surface area (Å²) in [6.45, 7) is 3.34. The van der Waals surface area contributed by atoms with Gasteiger partial charge in [0, 0.05) is 51.9 Å². The van der Waals surface area contributed by atoms with Crippen molar-refractivity contribution in [3.63, 3.8) is 0 Å². The number of ether oxygens (including phenoxy) is 2. The molecule has 0 aromatic heterocycles. The van der Waals surface area contributed by atoms with Crippen molar-refractivity contribution in [2.75, 3.05) is 45.9 Å². The number of benzene rings is 1. The monoisotopic (exact) mass is 606 g/mol. The minimum atomic E-state index is -1.25. The number of aliphatic hydroxyl groups excluding tert-OH is 2. The maximum Gasteiger partial charge on any atom is 0.240 e. The van der Waals surface area contributed by atoms with Crippen molar-refractivity contribution >= 4 is 11.8 Å². The van der Waals surface area contributed by atoms with Crippen LogP contribution in [0, 0.1) is 17.6 Å². The highest BCUT2D eigenvalue weighted by Crippen LogP contribution is 2.30. The molecule has 238 valence electrons. The molecule has 4 aliphatic heterocycles. The highest BCUT2D eigenvalue weighted by molar-refractivity contribution is 5.83. The van der Waals surface area contributed by atoms with Crippen molar-refractivity contribution in [1.82, 2.24) is 20.0 Å². The van der Waals surface area contributed by atoms with Crippen LogP contribution in [0.2, 0.25) is 0 Å². The first-order chi connectivity index (χ1) is 20.7. The van der Waals surface area contributed by atoms with Gasteiger partial charge in [-0.05, 0) is 42.9 Å². The Kier molecular flexibility index (Phi) is 9.61. The number of hydrogen-bond acceptors (Lipinski definition) is 8. The molecule has 7 atom stereocenters. The van der Waals surface area contributed by atoms with Crippen molar-refractivity contribution in [3.05, 3.63) is 35.4 Å². The van der Waals surface area contributed by atoms with E-state index in [9.17, 15) is 28.6 Å². The number of carbonyl (C=O) groups is 2. The standard InChI is InChI=1S/C31H44F2N4O6/c32-23-7-6-20(10-24(23)33)13-35-16-22-17-36(8-9-42-22)31(41)25-11-21(15-37(25)14-19-4-2-1-3-5-19)34-28(38)12-26-29(39)30(40)27(18-35)43-26/h6-7,10,19,21-22,25-27,29-30,39-40H,1-5,8-9,11-18H2,(H,34,38)/t21-,22+,25-,26-,27+,29-,30+/m0/s1. The van der Waals surface area contributed by atoms with Gasteiger partial charge in [-0.3, -0.25) is 19.4 Å². The SMILES string of the molecule is O=C1C[C@@H]2O[C@H](CN(Cc3ccc(F)c(F)c3)C[C@@H]3CN(CCO3)C(=O)[C@@H]3C[C@@H](CN3CC3CCCCC3)N1)[C@@H](O)[C@H]2O. The van der Waals surface area contributed by atoms with Crippen LogP contribution in [0.1, 0.15) is 50.5 Å². The zero-order valence-electron chi connectivity index (χ0n) is 24.6. The summed E-state index contributed by atoms with van der Waals surface area (Å²) in [7, 11) is 0. The van der Waals surface area contributed by atoms with Crippen LogP contribution in [-0.2, 0) is 25.6 Å². The molecule has 6 rings (SSSR count). The second-order valence-electron chi connectivity index (χ2n) is 13.1. The lowest BCUT2D eigenvalue weighted by atomic mass is 9.89. The normalized spacial score (nSPS) is 35.3. The van der Waals surface area contributed by atoms with Crippen molar-refractivity contribution in [2.24, 2.45) is 5.92 Å². The lowest BCUT2D eigenvalue weighted by Crippen LogP contribution is -2.55. The van der Waals surface area contributed by atoms with Gasteiger partial charge in [0.25, 0.3) is 0 Å². The van der Waals surface area contributed by atoms with E-state index >= 15 is 0 Å². The van der Waals surface area contributed by atoms with Crippen LogP contribution in [0.3, 0.4) is 0 Å². The number of nitrogens with zero attached hydrogens (tertiary/aromatic N) is 3. The largest absolute Gasteiger partial charge is 0.388 e. The van der Waals surface area contributed by atoms with Crippen LogP contribution < -0.4 is 5.32 Å². The smallest absolute Gasteiger partial charge is 0.240 e. The summed E-state index contributed by atoms with van der Waals surface area (Å²) < 4.78 is 39.8. The fourth-order valence-corrected chi connectivity index (χ4v) is 7.67. The van der Waals surface area contributed by atoms with Gasteiger partial charge in [0.15, 0.2) is 11.6 Å². The Hall–Kier alpha value is -2.22. The van der Waals surface area contributed by atoms with Crippen LogP contribution in [0.5, 0.6) is 0 Å². The highest BCUT2D eigenvalue weighted by Gasteiger charge is 2.46. The van der Waals surface area contributed by atoms with Gasteiger partial charge in [-0.15, -0.1) is 0 Å². The molecular formula is C31H44F2N4O6. The molecule has 12 heteroatoms. The van der Waals surface area contributed by atoms with Crippen LogP contribution in [-0.4, -0.2) is 125 Å². The Morgan fingerprint density at radius 2 is 1.74 bits per heavy atom. The van der Waals surface area contributed by atoms with Gasteiger partial charge in [0.2, 0.25) is 11.8 Å². The summed E-state index contributed by atoms with van der Waals surface area (Å²) >= 11 is 0. The summed E-state index contributed by atoms with van der Waals surface area (Å²) in [5.74, 6) is -1.59. The average Bonchev–Trinajstić information content (AvgIpc) is 3.49. The van der Waals surface area contributed by atoms with Crippen molar-refractivity contribution < 1.29 is 38.1 Å². The Morgan fingerprint density at radius 3 is 2.53 bits per heavy atom. The first-order valence-corrected chi connectivity index (χ1v) is 15.8. The van der Waals surface area contributed by atoms with E-state index in [1.54, 1.807) is 0 Å². The van der Waals surface area contributed by atoms with Crippen LogP contribution in [0.15, 0.2) is 18.2 Å². The molecule has 6 bridgehead atoms. The minimum Gasteiger partial charge on any atom is -0.388 e. The van der Waals surface area contributed by atoms with Gasteiger partial charge >= 0.3 is 0 Å². The average molecular weight is 607 g/mol. The Morgan fingerprint density at radius 1 is 0.953 bits per heavy atom. The van der Waals surface area contributed by atoms with E-state index in [0.717, 1.165) is 31.5 Å². The molecule has 4 heterocycles. The molecular weight excluding hydrogens is 562 g/mol. The van der Waals surface area contributed by atoms with E-state index in [-0.39, 0.29) is 49.5 Å². The van der Waals surface area contributed by atoms with Crippen molar-refractivity contribution in [1.29, 1.82) is 0 Å². The number of nitrogens with one attached hydrogen (secondary N) is 1. The summed E-state index contributed by atoms with van der Waals surface area (Å²) in [5.41, 5.74) is 0.524. The predicted molar refractivity (Wildman–Crippen MR) is 152 cm³/mol. The number of aliphatic hydroxyl groups is 2. The van der Waals surface area contributed by atoms with Crippen molar-refractivity contribution in [3.8, 4) is 0 Å². The summed E-state index contributed by atoms with van der Waals surface area (Å²) in [4.78, 5) is 33.2. The third kappa shape index (κ3) is 7.20. The zero-order chi connectivity index (χ0) is 30.1. The Labute approximate surface area is 251 Å². The number of likely N-dealkylation sites (tertiary alicyclic amines) is 1. The first-order valence-electron chi connectivity index (χ1n) is 15.8. The van der Waals surface area contributed by atoms with Gasteiger partial charge in [-0.1, -0.05) is 25.3 Å². The summed E-state index contributed by atoms with van der Waals surface area (Å²) in [6.07, 6.45) is 1.85. The molecule has 1 aromatic rings. The number of carbonyl (C=O) groups excluding carboxylic acids is 2. The zero-order valence-corrected chi connectivity index (χ0v) is 24.6. The highest BCUT2D eigenvalue weighted by atomic mass is 19.2. The molecule has 4 saturated heterocycles. The van der Waals surface area contributed by atoms with E-state index < -0.39 is 36.1 Å². The first kappa shape index (κ1) is 30.8. The van der Waals surface area contributed by atoms with E-state index in [1.165, 1.54) is 25.3 Å². The number of fused-ring (bicyclic) bond motifs is 6. The van der Waals surface area contributed by atoms with Crippen molar-refractivity contribution in [2.45, 2.75) is 94.1 Å². The van der Waals surface area contributed by atoms with Crippen LogP contribution in [0.25, 0.3) is 0 Å². The predicted octanol–water partition coefficient (Wildman–Crippen LogP) is 1.03. The third-order valence-electron chi connectivity index (χ3n) is 9.86. The fraction of sp³-hybridized carbons (Fsp3) is 0.742. The van der Waals surface area contributed by atoms with E-state index in [2.05, 4.69) is 10.2 Å². The lowest BCUT2D eigenvalue weighted by molar-refractivity contribution is -0.145. The molecule has 10 nitrogen and oxygen atoms in total. The molecule has 5 fully saturated rings. The number of hydrogen-bond donors (Lipinski definition) is 3. The van der Waals surface area contributed by atoms with Gasteiger partial charge < -0.3 is 29.9 Å². The molecule has 0 radical (unpaired) electrons. The lowest BCUT2D eigenvalue weighted by Gasteiger charge is -2.39. The maximum atomic E-state index is 14.0.